The molecular weight excluding hydrogens is 282 g/mol. The third-order valence-electron chi connectivity index (χ3n) is 3.89. The van der Waals surface area contributed by atoms with Gasteiger partial charge in [0.1, 0.15) is 5.75 Å². The molecule has 1 fully saturated rings. The van der Waals surface area contributed by atoms with Crippen molar-refractivity contribution in [1.82, 2.24) is 15.1 Å². The Labute approximate surface area is 129 Å². The molecule has 2 aromatic rings. The summed E-state index contributed by atoms with van der Waals surface area (Å²) in [5.41, 5.74) is 0.684. The lowest BCUT2D eigenvalue weighted by Crippen LogP contribution is -2.39. The van der Waals surface area contributed by atoms with Gasteiger partial charge in [-0.05, 0) is 30.9 Å². The van der Waals surface area contributed by atoms with E-state index < -0.39 is 0 Å². The molecule has 1 unspecified atom stereocenters. The first kappa shape index (κ1) is 14.6. The summed E-state index contributed by atoms with van der Waals surface area (Å²) in [4.78, 5) is 14.2. The number of methoxy groups -OCH3 is 1. The lowest BCUT2D eigenvalue weighted by Gasteiger charge is -2.29. The van der Waals surface area contributed by atoms with Crippen molar-refractivity contribution in [2.24, 2.45) is 5.92 Å². The second-order valence-electron chi connectivity index (χ2n) is 5.61. The van der Waals surface area contributed by atoms with Crippen LogP contribution in [0.15, 0.2) is 28.7 Å². The molecule has 1 atom stereocenters. The van der Waals surface area contributed by atoms with E-state index in [1.54, 1.807) is 12.0 Å². The summed E-state index contributed by atoms with van der Waals surface area (Å²) in [5, 5.41) is 7.89. The quantitative estimate of drug-likeness (QED) is 0.871. The van der Waals surface area contributed by atoms with Crippen molar-refractivity contribution in [3.05, 3.63) is 30.2 Å². The van der Waals surface area contributed by atoms with Crippen LogP contribution in [0.2, 0.25) is 0 Å². The van der Waals surface area contributed by atoms with Gasteiger partial charge in [0, 0.05) is 13.1 Å². The smallest absolute Gasteiger partial charge is 0.311 e. The molecule has 0 radical (unpaired) electrons. The predicted octanol–water partition coefficient (Wildman–Crippen LogP) is 2.62. The van der Waals surface area contributed by atoms with E-state index >= 15 is 0 Å². The molecule has 6 nitrogen and oxygen atoms in total. The first-order valence-corrected chi connectivity index (χ1v) is 7.45. The summed E-state index contributed by atoms with van der Waals surface area (Å²) < 4.78 is 10.8. The maximum atomic E-state index is 12.4. The minimum Gasteiger partial charge on any atom is -0.496 e. The number of hydrogen-bond donors (Lipinski definition) is 0. The maximum absolute atomic E-state index is 12.4. The van der Waals surface area contributed by atoms with E-state index in [2.05, 4.69) is 17.1 Å². The standard InChI is InChI=1S/C16H19N3O3/c1-11-6-5-9-19(10-11)16(20)15-18-17-14(22-15)12-7-3-4-8-13(12)21-2/h3-4,7-8,11H,5-6,9-10H2,1-2H3. The fourth-order valence-corrected chi connectivity index (χ4v) is 2.75. The lowest BCUT2D eigenvalue weighted by atomic mass is 10.0. The number of likely N-dealkylation sites (tertiary alicyclic amines) is 1. The van der Waals surface area contributed by atoms with Crippen LogP contribution >= 0.6 is 0 Å². The molecule has 1 aromatic heterocycles. The number of hydrogen-bond acceptors (Lipinski definition) is 5. The van der Waals surface area contributed by atoms with Crippen LogP contribution in [0.3, 0.4) is 0 Å². The van der Waals surface area contributed by atoms with E-state index in [4.69, 9.17) is 9.15 Å². The normalized spacial score (nSPS) is 18.3. The van der Waals surface area contributed by atoms with Gasteiger partial charge in [-0.15, -0.1) is 10.2 Å². The molecule has 1 aliphatic heterocycles. The molecule has 0 aliphatic carbocycles. The molecule has 3 rings (SSSR count). The van der Waals surface area contributed by atoms with Crippen molar-refractivity contribution in [2.75, 3.05) is 20.2 Å². The van der Waals surface area contributed by atoms with E-state index in [0.29, 0.717) is 23.1 Å². The zero-order chi connectivity index (χ0) is 15.5. The Bertz CT molecular complexity index is 668. The van der Waals surface area contributed by atoms with Crippen LogP contribution in [-0.2, 0) is 0 Å². The van der Waals surface area contributed by atoms with Crippen molar-refractivity contribution in [2.45, 2.75) is 19.8 Å². The molecule has 116 valence electrons. The third-order valence-corrected chi connectivity index (χ3v) is 3.89. The van der Waals surface area contributed by atoms with Gasteiger partial charge >= 0.3 is 11.8 Å². The number of carbonyl (C=O) groups excluding carboxylic acids is 1. The van der Waals surface area contributed by atoms with Crippen molar-refractivity contribution in [3.8, 4) is 17.2 Å². The highest BCUT2D eigenvalue weighted by molar-refractivity contribution is 5.89. The average Bonchev–Trinajstić information content (AvgIpc) is 3.04. The Morgan fingerprint density at radius 1 is 1.36 bits per heavy atom. The molecule has 2 heterocycles. The Kier molecular flexibility index (Phi) is 4.09. The van der Waals surface area contributed by atoms with E-state index in [-0.39, 0.29) is 11.8 Å². The minimum absolute atomic E-state index is 0.0370. The van der Waals surface area contributed by atoms with Crippen molar-refractivity contribution in [3.63, 3.8) is 0 Å². The number of benzene rings is 1. The fourth-order valence-electron chi connectivity index (χ4n) is 2.75. The molecule has 1 aromatic carbocycles. The SMILES string of the molecule is COc1ccccc1-c1nnc(C(=O)N2CCCC(C)C2)o1. The zero-order valence-electron chi connectivity index (χ0n) is 12.8. The van der Waals surface area contributed by atoms with Crippen LogP contribution in [0, 0.1) is 5.92 Å². The van der Waals surface area contributed by atoms with E-state index in [1.165, 1.54) is 0 Å². The summed E-state index contributed by atoms with van der Waals surface area (Å²) in [5.74, 6) is 1.28. The van der Waals surface area contributed by atoms with Gasteiger partial charge in [0.25, 0.3) is 5.89 Å². The highest BCUT2D eigenvalue weighted by atomic mass is 16.5. The van der Waals surface area contributed by atoms with Gasteiger partial charge in [0.2, 0.25) is 0 Å². The van der Waals surface area contributed by atoms with E-state index in [0.717, 1.165) is 25.9 Å². The van der Waals surface area contributed by atoms with Gasteiger partial charge in [0.05, 0.1) is 12.7 Å². The number of para-hydroxylation sites is 1. The van der Waals surface area contributed by atoms with Crippen molar-refractivity contribution < 1.29 is 13.9 Å². The molecule has 1 amide bonds. The summed E-state index contributed by atoms with van der Waals surface area (Å²) in [6.07, 6.45) is 2.17. The number of nitrogens with zero attached hydrogens (tertiary/aromatic N) is 3. The minimum atomic E-state index is -0.194. The molecule has 22 heavy (non-hydrogen) atoms. The van der Waals surface area contributed by atoms with Crippen molar-refractivity contribution >= 4 is 5.91 Å². The van der Waals surface area contributed by atoms with Gasteiger partial charge in [0.15, 0.2) is 0 Å². The summed E-state index contributed by atoms with van der Waals surface area (Å²) in [6, 6.07) is 7.35. The van der Waals surface area contributed by atoms with Gasteiger partial charge in [-0.25, -0.2) is 0 Å². The summed E-state index contributed by atoms with van der Waals surface area (Å²) in [6.45, 7) is 3.63. The molecule has 1 aliphatic rings. The second kappa shape index (κ2) is 6.17. The number of aromatic nitrogens is 2. The monoisotopic (exact) mass is 301 g/mol. The Morgan fingerprint density at radius 2 is 2.18 bits per heavy atom. The molecule has 0 saturated carbocycles. The number of ether oxygens (including phenoxy) is 1. The van der Waals surface area contributed by atoms with Gasteiger partial charge < -0.3 is 14.1 Å². The number of rotatable bonds is 3. The van der Waals surface area contributed by atoms with Crippen LogP contribution in [0.25, 0.3) is 11.5 Å². The predicted molar refractivity (Wildman–Crippen MR) is 80.6 cm³/mol. The van der Waals surface area contributed by atoms with Crippen LogP contribution in [0.1, 0.15) is 30.5 Å². The topological polar surface area (TPSA) is 68.5 Å². The zero-order valence-corrected chi connectivity index (χ0v) is 12.8. The molecule has 0 N–H and O–H groups in total. The van der Waals surface area contributed by atoms with Crippen LogP contribution in [0.4, 0.5) is 0 Å². The average molecular weight is 301 g/mol. The van der Waals surface area contributed by atoms with E-state index in [1.807, 2.05) is 24.3 Å². The largest absolute Gasteiger partial charge is 0.496 e. The maximum Gasteiger partial charge on any atom is 0.311 e. The van der Waals surface area contributed by atoms with Crippen LogP contribution in [0.5, 0.6) is 5.75 Å². The molecule has 1 saturated heterocycles. The van der Waals surface area contributed by atoms with Gasteiger partial charge in [-0.2, -0.15) is 0 Å². The first-order valence-electron chi connectivity index (χ1n) is 7.45. The van der Waals surface area contributed by atoms with E-state index in [9.17, 15) is 4.79 Å². The number of carbonyl (C=O) groups is 1. The molecule has 0 bridgehead atoms. The number of piperidine rings is 1. The van der Waals surface area contributed by atoms with Gasteiger partial charge in [-0.3, -0.25) is 4.79 Å². The van der Waals surface area contributed by atoms with Crippen LogP contribution < -0.4 is 4.74 Å². The molecule has 0 spiro atoms. The molecular formula is C16H19N3O3. The second-order valence-corrected chi connectivity index (χ2v) is 5.61. The summed E-state index contributed by atoms with van der Waals surface area (Å²) >= 11 is 0. The van der Waals surface area contributed by atoms with Crippen LogP contribution in [-0.4, -0.2) is 41.2 Å². The Morgan fingerprint density at radius 3 is 2.95 bits per heavy atom. The Hall–Kier alpha value is -2.37. The van der Waals surface area contributed by atoms with Crippen molar-refractivity contribution in [1.29, 1.82) is 0 Å². The number of amides is 1. The lowest BCUT2D eigenvalue weighted by molar-refractivity contribution is 0.0643. The highest BCUT2D eigenvalue weighted by Gasteiger charge is 2.26. The highest BCUT2D eigenvalue weighted by Crippen LogP contribution is 2.28. The third kappa shape index (κ3) is 2.81. The molecule has 6 heteroatoms. The Balaban J connectivity index is 1.83. The summed E-state index contributed by atoms with van der Waals surface area (Å²) in [7, 11) is 1.58. The fraction of sp³-hybridized carbons (Fsp3) is 0.438. The van der Waals surface area contributed by atoms with Gasteiger partial charge in [-0.1, -0.05) is 19.1 Å². The first-order chi connectivity index (χ1) is 10.7.